The molecule has 0 bridgehead atoms. The Morgan fingerprint density at radius 1 is 0.903 bits per heavy atom. The maximum Gasteiger partial charge on any atom is 0.0838 e. The van der Waals surface area contributed by atoms with E-state index in [9.17, 15) is 0 Å². The van der Waals surface area contributed by atoms with Gasteiger partial charge >= 0.3 is 0 Å². The van der Waals surface area contributed by atoms with E-state index in [1.54, 1.807) is 6.33 Å². The summed E-state index contributed by atoms with van der Waals surface area (Å²) in [6.45, 7) is 16.4. The van der Waals surface area contributed by atoms with Crippen molar-refractivity contribution in [2.75, 3.05) is 0 Å². The number of aromatic nitrogens is 6. The Balaban J connectivity index is 0.000000529. The summed E-state index contributed by atoms with van der Waals surface area (Å²) in [4.78, 5) is 20.9. The van der Waals surface area contributed by atoms with Gasteiger partial charge < -0.3 is 24.5 Å². The first kappa shape index (κ1) is 29.6. The summed E-state index contributed by atoms with van der Waals surface area (Å²) in [5, 5.41) is 8.24. The first-order valence-corrected chi connectivity index (χ1v) is 9.24. The molecule has 2 radical (unpaired) electrons. The summed E-state index contributed by atoms with van der Waals surface area (Å²) < 4.78 is 2.04. The van der Waals surface area contributed by atoms with Crippen molar-refractivity contribution in [3.8, 4) is 0 Å². The molecule has 0 aromatic carbocycles. The van der Waals surface area contributed by atoms with Crippen LogP contribution in [0.15, 0.2) is 16.6 Å². The predicted octanol–water partition coefficient (Wildman–Crippen LogP) is 5.09. The molecule has 4 heterocycles. The topological polar surface area (TPSA) is 94.1 Å². The Labute approximate surface area is 212 Å². The van der Waals surface area contributed by atoms with E-state index in [2.05, 4.69) is 89.1 Å². The second kappa shape index (κ2) is 10.9. The zero-order valence-corrected chi connectivity index (χ0v) is 23.9. The fourth-order valence-electron chi connectivity index (χ4n) is 2.79. The number of nitrogens with zero attached hydrogens (tertiary/aromatic N) is 8. The van der Waals surface area contributed by atoms with Crippen molar-refractivity contribution in [3.63, 3.8) is 0 Å². The third-order valence-electron chi connectivity index (χ3n) is 4.26. The van der Waals surface area contributed by atoms with Gasteiger partial charge in [0.25, 0.3) is 0 Å². The minimum atomic E-state index is -0.0105. The van der Waals surface area contributed by atoms with Crippen LogP contribution in [0.3, 0.4) is 0 Å². The summed E-state index contributed by atoms with van der Waals surface area (Å²) in [6, 6.07) is 0.0375. The minimum absolute atomic E-state index is 0. The molecule has 1 unspecified atom stereocenters. The minimum Gasteiger partial charge on any atom is -0.371 e. The van der Waals surface area contributed by atoms with Gasteiger partial charge in [0.2, 0.25) is 0 Å². The van der Waals surface area contributed by atoms with Crippen LogP contribution in [0.4, 0.5) is 5.69 Å². The largest absolute Gasteiger partial charge is 0.371 e. The average Bonchev–Trinajstić information content (AvgIpc) is 3.17. The van der Waals surface area contributed by atoms with E-state index in [1.807, 2.05) is 18.4 Å². The van der Waals surface area contributed by atoms with Gasteiger partial charge in [0.05, 0.1) is 12.4 Å². The van der Waals surface area contributed by atoms with Gasteiger partial charge in [0, 0.05) is 74.9 Å². The summed E-state index contributed by atoms with van der Waals surface area (Å²) in [5.41, 5.74) is 3.21. The number of aryl methyl sites for hydroxylation is 2. The maximum atomic E-state index is 4.37. The van der Waals surface area contributed by atoms with Crippen LogP contribution in [-0.4, -0.2) is 29.5 Å². The zero-order chi connectivity index (χ0) is 20.7. The number of fused-ring (bicyclic) bond motifs is 2. The van der Waals surface area contributed by atoms with E-state index >= 15 is 0 Å². The second-order valence-corrected chi connectivity index (χ2v) is 8.94. The smallest absolute Gasteiger partial charge is 0.0838 e. The summed E-state index contributed by atoms with van der Waals surface area (Å²) in [7, 11) is 0. The van der Waals surface area contributed by atoms with Gasteiger partial charge in [-0.25, -0.2) is 0 Å². The van der Waals surface area contributed by atoms with Crippen molar-refractivity contribution in [1.29, 1.82) is 0 Å². The Kier molecular flexibility index (Phi) is 10.4. The summed E-state index contributed by atoms with van der Waals surface area (Å²) in [5.74, 6) is 1.45. The predicted molar refractivity (Wildman–Crippen MR) is 113 cm³/mol. The Hall–Kier alpha value is -1.45. The second-order valence-electron chi connectivity index (χ2n) is 8.94. The van der Waals surface area contributed by atoms with Crippen LogP contribution >= 0.6 is 0 Å². The van der Waals surface area contributed by atoms with E-state index in [4.69, 9.17) is 0 Å². The molecule has 1 aliphatic rings. The Morgan fingerprint density at radius 2 is 1.48 bits per heavy atom. The van der Waals surface area contributed by atoms with Gasteiger partial charge in [-0.15, -0.1) is 0 Å². The Bertz CT molecular complexity index is 1030. The van der Waals surface area contributed by atoms with Crippen LogP contribution in [0.1, 0.15) is 72.4 Å². The van der Waals surface area contributed by atoms with E-state index in [-0.39, 0.29) is 65.3 Å². The molecule has 3 aromatic rings. The van der Waals surface area contributed by atoms with Gasteiger partial charge in [-0.05, 0) is 44.3 Å². The van der Waals surface area contributed by atoms with Crippen LogP contribution in [-0.2, 0) is 46.4 Å². The quantitative estimate of drug-likeness (QED) is 0.298. The van der Waals surface area contributed by atoms with Crippen molar-refractivity contribution < 1.29 is 40.8 Å². The molecule has 8 nitrogen and oxygen atoms in total. The molecular formula is C21H30N8Re2-2. The fourth-order valence-corrected chi connectivity index (χ4v) is 2.79. The van der Waals surface area contributed by atoms with Crippen LogP contribution in [0, 0.1) is 31.7 Å². The van der Waals surface area contributed by atoms with Crippen LogP contribution in [0.25, 0.3) is 11.2 Å². The van der Waals surface area contributed by atoms with Crippen LogP contribution in [0.2, 0.25) is 0 Å². The van der Waals surface area contributed by atoms with Crippen molar-refractivity contribution in [2.24, 2.45) is 15.6 Å². The van der Waals surface area contributed by atoms with Crippen molar-refractivity contribution in [3.05, 3.63) is 36.1 Å². The van der Waals surface area contributed by atoms with E-state index in [0.717, 1.165) is 28.5 Å². The standard InChI is InChI=1S/2C10H13N4.CH4.2Re/c1-7-11-5-8-9(13-7)14(6-12-8)10(2,3)4;1-6-11-5-7-8(12-6)9(14-13-7)10(2,3)4;;;/h6H,1-4H3;9H,1-4H3;1H4;;/q2*-1;;;. The molecule has 0 N–H and O–H groups in total. The molecule has 0 saturated heterocycles. The number of hydrogen-bond donors (Lipinski definition) is 0. The molecule has 3 aromatic heterocycles. The number of hydrogen-bond acceptors (Lipinski definition) is 7. The SMILES string of the molecule is C.Cc1n[c-]c2c(n1)C(C(C)(C)C)N=N2.Cc1n[c-]c2ncn(C(C)(C)C)c2n1.[Re].[Re]. The molecule has 31 heavy (non-hydrogen) atoms. The summed E-state index contributed by atoms with van der Waals surface area (Å²) in [6.07, 6.45) is 7.50. The molecule has 1 aliphatic heterocycles. The van der Waals surface area contributed by atoms with Gasteiger partial charge in [-0.1, -0.05) is 42.0 Å². The van der Waals surface area contributed by atoms with Gasteiger partial charge in [0.1, 0.15) is 0 Å². The third kappa shape index (κ3) is 6.77. The molecule has 1 atom stereocenters. The number of imidazole rings is 1. The monoisotopic (exact) mass is 768 g/mol. The normalized spacial score (nSPS) is 14.5. The molecule has 10 heteroatoms. The van der Waals surface area contributed by atoms with E-state index in [0.29, 0.717) is 5.69 Å². The van der Waals surface area contributed by atoms with Crippen LogP contribution < -0.4 is 0 Å². The summed E-state index contributed by atoms with van der Waals surface area (Å²) >= 11 is 0. The Morgan fingerprint density at radius 3 is 2.06 bits per heavy atom. The molecule has 0 fully saturated rings. The fraction of sp³-hybridized carbons (Fsp3) is 0.571. The molecule has 170 valence electrons. The van der Waals surface area contributed by atoms with Crippen molar-refractivity contribution >= 4 is 16.9 Å². The van der Waals surface area contributed by atoms with E-state index < -0.39 is 0 Å². The van der Waals surface area contributed by atoms with Gasteiger partial charge in [-0.2, -0.15) is 10.2 Å². The molecule has 0 amide bonds. The zero-order valence-electron chi connectivity index (χ0n) is 18.5. The maximum absolute atomic E-state index is 4.37. The van der Waals surface area contributed by atoms with Gasteiger partial charge in [0.15, 0.2) is 0 Å². The number of azo groups is 1. The van der Waals surface area contributed by atoms with Crippen molar-refractivity contribution in [2.45, 2.75) is 74.4 Å². The molecule has 4 rings (SSSR count). The first-order chi connectivity index (χ1) is 13.0. The third-order valence-corrected chi connectivity index (χ3v) is 4.26. The van der Waals surface area contributed by atoms with Crippen LogP contribution in [0.5, 0.6) is 0 Å². The average molecular weight is 767 g/mol. The first-order valence-electron chi connectivity index (χ1n) is 9.24. The van der Waals surface area contributed by atoms with E-state index in [1.165, 1.54) is 0 Å². The molecule has 0 saturated carbocycles. The molecule has 0 spiro atoms. The number of rotatable bonds is 0. The van der Waals surface area contributed by atoms with Gasteiger partial charge in [-0.3, -0.25) is 4.98 Å². The van der Waals surface area contributed by atoms with Crippen molar-refractivity contribution in [1.82, 2.24) is 29.5 Å². The molecular weight excluding hydrogens is 737 g/mol. The molecule has 0 aliphatic carbocycles.